The third-order valence-electron chi connectivity index (χ3n) is 5.03. The molecule has 1 aliphatic heterocycles. The van der Waals surface area contributed by atoms with Crippen molar-refractivity contribution in [3.8, 4) is 11.5 Å². The molecule has 0 atom stereocenters. The van der Waals surface area contributed by atoms with Crippen molar-refractivity contribution in [3.05, 3.63) is 53.8 Å². The molecule has 7 heteroatoms. The van der Waals surface area contributed by atoms with Gasteiger partial charge in [0.2, 0.25) is 0 Å². The highest BCUT2D eigenvalue weighted by atomic mass is 16.6. The van der Waals surface area contributed by atoms with Crippen molar-refractivity contribution in [2.45, 2.75) is 13.8 Å². The maximum atomic E-state index is 13.3. The molecule has 1 aromatic carbocycles. The van der Waals surface area contributed by atoms with E-state index in [0.29, 0.717) is 49.8 Å². The zero-order chi connectivity index (χ0) is 20.4. The highest BCUT2D eigenvalue weighted by Crippen LogP contribution is 2.27. The summed E-state index contributed by atoms with van der Waals surface area (Å²) in [7, 11) is 0. The topological polar surface area (TPSA) is 75.9 Å². The molecule has 3 aromatic rings. The fraction of sp³-hybridized carbons (Fsp3) is 0.318. The number of furan rings is 1. The summed E-state index contributed by atoms with van der Waals surface area (Å²) < 4.78 is 10.8. The van der Waals surface area contributed by atoms with Crippen LogP contribution in [-0.2, 0) is 4.74 Å². The van der Waals surface area contributed by atoms with E-state index in [-0.39, 0.29) is 12.0 Å². The first-order valence-corrected chi connectivity index (χ1v) is 9.74. The summed E-state index contributed by atoms with van der Waals surface area (Å²) in [5.74, 6) is 1.35. The van der Waals surface area contributed by atoms with E-state index in [0.717, 1.165) is 16.7 Å². The molecule has 1 fully saturated rings. The molecule has 7 nitrogen and oxygen atoms in total. The number of amides is 2. The number of nitrogens with zero attached hydrogens (tertiary/aromatic N) is 3. The van der Waals surface area contributed by atoms with E-state index in [1.807, 2.05) is 43.3 Å². The van der Waals surface area contributed by atoms with Gasteiger partial charge in [0.25, 0.3) is 5.91 Å². The molecule has 29 heavy (non-hydrogen) atoms. The zero-order valence-corrected chi connectivity index (χ0v) is 16.6. The minimum atomic E-state index is -0.329. The lowest BCUT2D eigenvalue weighted by Crippen LogP contribution is -2.50. The number of carbonyl (C=O) groups excluding carboxylic acids is 2. The van der Waals surface area contributed by atoms with Gasteiger partial charge in [0.05, 0.1) is 17.7 Å². The molecule has 2 amide bonds. The van der Waals surface area contributed by atoms with E-state index < -0.39 is 0 Å². The van der Waals surface area contributed by atoms with E-state index >= 15 is 0 Å². The molecule has 0 N–H and O–H groups in total. The number of fused-ring (bicyclic) bond motifs is 1. The monoisotopic (exact) mass is 393 g/mol. The molecule has 0 bridgehead atoms. The van der Waals surface area contributed by atoms with Crippen LogP contribution >= 0.6 is 0 Å². The largest absolute Gasteiger partial charge is 0.460 e. The smallest absolute Gasteiger partial charge is 0.409 e. The highest BCUT2D eigenvalue weighted by molar-refractivity contribution is 6.07. The number of ether oxygens (including phenoxy) is 1. The molecular formula is C22H23N3O4. The molecule has 2 aromatic heterocycles. The van der Waals surface area contributed by atoms with Crippen molar-refractivity contribution in [2.24, 2.45) is 0 Å². The molecule has 1 saturated heterocycles. The fourth-order valence-electron chi connectivity index (χ4n) is 3.53. The first kappa shape index (κ1) is 19.0. The summed E-state index contributed by atoms with van der Waals surface area (Å²) in [5.41, 5.74) is 1.96. The Morgan fingerprint density at radius 2 is 1.79 bits per heavy atom. The number of rotatable bonds is 3. The molecule has 0 radical (unpaired) electrons. The Morgan fingerprint density at radius 3 is 2.48 bits per heavy atom. The fourth-order valence-corrected chi connectivity index (χ4v) is 3.53. The molecule has 0 unspecified atom stereocenters. The second-order valence-corrected chi connectivity index (χ2v) is 6.96. The first-order chi connectivity index (χ1) is 14.1. The van der Waals surface area contributed by atoms with Crippen LogP contribution in [0, 0.1) is 6.92 Å². The molecule has 0 saturated carbocycles. The summed E-state index contributed by atoms with van der Waals surface area (Å²) >= 11 is 0. The van der Waals surface area contributed by atoms with Gasteiger partial charge in [-0.15, -0.1) is 0 Å². The van der Waals surface area contributed by atoms with Crippen molar-refractivity contribution < 1.29 is 18.7 Å². The van der Waals surface area contributed by atoms with Gasteiger partial charge in [-0.25, -0.2) is 9.78 Å². The predicted molar refractivity (Wildman–Crippen MR) is 109 cm³/mol. The van der Waals surface area contributed by atoms with Crippen LogP contribution in [-0.4, -0.2) is 59.6 Å². The van der Waals surface area contributed by atoms with Crippen LogP contribution in [0.5, 0.6) is 0 Å². The lowest BCUT2D eigenvalue weighted by molar-refractivity contribution is 0.0572. The number of aromatic nitrogens is 1. The number of hydrogen-bond acceptors (Lipinski definition) is 5. The van der Waals surface area contributed by atoms with E-state index in [4.69, 9.17) is 9.15 Å². The van der Waals surface area contributed by atoms with Crippen molar-refractivity contribution in [3.63, 3.8) is 0 Å². The number of piperazine rings is 1. The number of para-hydroxylation sites is 1. The normalized spacial score (nSPS) is 14.3. The number of aryl methyl sites for hydroxylation is 1. The van der Waals surface area contributed by atoms with Crippen LogP contribution in [0.3, 0.4) is 0 Å². The number of hydrogen-bond donors (Lipinski definition) is 0. The summed E-state index contributed by atoms with van der Waals surface area (Å²) in [4.78, 5) is 33.3. The molecular weight excluding hydrogens is 370 g/mol. The van der Waals surface area contributed by atoms with Crippen molar-refractivity contribution in [1.29, 1.82) is 0 Å². The number of benzene rings is 1. The summed E-state index contributed by atoms with van der Waals surface area (Å²) in [5, 5.41) is 0.803. The van der Waals surface area contributed by atoms with Crippen molar-refractivity contribution >= 4 is 22.9 Å². The van der Waals surface area contributed by atoms with Gasteiger partial charge >= 0.3 is 6.09 Å². The van der Waals surface area contributed by atoms with Gasteiger partial charge in [0.15, 0.2) is 5.76 Å². The number of carbonyl (C=O) groups is 2. The van der Waals surface area contributed by atoms with Crippen molar-refractivity contribution in [2.75, 3.05) is 32.8 Å². The van der Waals surface area contributed by atoms with Gasteiger partial charge in [0.1, 0.15) is 11.5 Å². The summed E-state index contributed by atoms with van der Waals surface area (Å²) in [6, 6.07) is 13.1. The molecule has 1 aliphatic rings. The maximum Gasteiger partial charge on any atom is 0.409 e. The average Bonchev–Trinajstić information content (AvgIpc) is 3.19. The van der Waals surface area contributed by atoms with E-state index in [1.165, 1.54) is 0 Å². The summed E-state index contributed by atoms with van der Waals surface area (Å²) in [6.07, 6.45) is -0.329. The average molecular weight is 393 g/mol. The standard InChI is InChI=1S/C22H23N3O4/c1-3-28-22(27)25-12-10-24(11-13-25)21(26)17-14-19(20-9-8-15(2)29-20)23-18-7-5-4-6-16(17)18/h4-9,14H,3,10-13H2,1-2H3. The molecule has 3 heterocycles. The van der Waals surface area contributed by atoms with E-state index in [2.05, 4.69) is 4.98 Å². The van der Waals surface area contributed by atoms with Crippen molar-refractivity contribution in [1.82, 2.24) is 14.8 Å². The van der Waals surface area contributed by atoms with E-state index in [1.54, 1.807) is 22.8 Å². The lowest BCUT2D eigenvalue weighted by atomic mass is 10.0. The summed E-state index contributed by atoms with van der Waals surface area (Å²) in [6.45, 7) is 5.84. The minimum Gasteiger partial charge on any atom is -0.460 e. The molecule has 150 valence electrons. The van der Waals surface area contributed by atoms with Gasteiger partial charge in [-0.3, -0.25) is 4.79 Å². The van der Waals surface area contributed by atoms with Gasteiger partial charge in [-0.05, 0) is 38.1 Å². The number of pyridine rings is 1. The zero-order valence-electron chi connectivity index (χ0n) is 16.6. The van der Waals surface area contributed by atoms with Crippen LogP contribution in [0.4, 0.5) is 4.79 Å². The Morgan fingerprint density at radius 1 is 1.07 bits per heavy atom. The van der Waals surface area contributed by atoms with Crippen LogP contribution in [0.25, 0.3) is 22.4 Å². The highest BCUT2D eigenvalue weighted by Gasteiger charge is 2.27. The van der Waals surface area contributed by atoms with E-state index in [9.17, 15) is 9.59 Å². The van der Waals surface area contributed by atoms with Crippen LogP contribution in [0.1, 0.15) is 23.0 Å². The minimum absolute atomic E-state index is 0.0726. The Bertz CT molecular complexity index is 1050. The Labute approximate surface area is 168 Å². The lowest BCUT2D eigenvalue weighted by Gasteiger charge is -2.34. The van der Waals surface area contributed by atoms with Crippen LogP contribution in [0.15, 0.2) is 46.9 Å². The van der Waals surface area contributed by atoms with Crippen LogP contribution in [0.2, 0.25) is 0 Å². The van der Waals surface area contributed by atoms with Gasteiger partial charge < -0.3 is 19.0 Å². The van der Waals surface area contributed by atoms with Gasteiger partial charge in [-0.1, -0.05) is 18.2 Å². The second-order valence-electron chi connectivity index (χ2n) is 6.96. The maximum absolute atomic E-state index is 13.3. The Kier molecular flexibility index (Phi) is 5.20. The van der Waals surface area contributed by atoms with Gasteiger partial charge in [0, 0.05) is 31.6 Å². The van der Waals surface area contributed by atoms with Gasteiger partial charge in [-0.2, -0.15) is 0 Å². The molecule has 0 aliphatic carbocycles. The van der Waals surface area contributed by atoms with Crippen LogP contribution < -0.4 is 0 Å². The Balaban J connectivity index is 1.63. The molecule has 4 rings (SSSR count). The SMILES string of the molecule is CCOC(=O)N1CCN(C(=O)c2cc(-c3ccc(C)o3)nc3ccccc23)CC1. The second kappa shape index (κ2) is 7.95. The third kappa shape index (κ3) is 3.81. The first-order valence-electron chi connectivity index (χ1n) is 9.74. The quantitative estimate of drug-likeness (QED) is 0.678. The molecule has 0 spiro atoms. The third-order valence-corrected chi connectivity index (χ3v) is 5.03. The predicted octanol–water partition coefficient (Wildman–Crippen LogP) is 3.72. The Hall–Kier alpha value is -3.35.